The Morgan fingerprint density at radius 2 is 2.10 bits per heavy atom. The van der Waals surface area contributed by atoms with E-state index in [-0.39, 0.29) is 12.6 Å². The van der Waals surface area contributed by atoms with Crippen LogP contribution in [-0.4, -0.2) is 57.0 Å². The zero-order valence-corrected chi connectivity index (χ0v) is 17.4. The highest BCUT2D eigenvalue weighted by molar-refractivity contribution is 5.92. The van der Waals surface area contributed by atoms with Crippen molar-refractivity contribution in [1.29, 1.82) is 0 Å². The van der Waals surface area contributed by atoms with E-state index in [1.54, 1.807) is 23.0 Å². The van der Waals surface area contributed by atoms with Crippen molar-refractivity contribution in [3.05, 3.63) is 36.7 Å². The summed E-state index contributed by atoms with van der Waals surface area (Å²) in [5, 5.41) is 14.9. The molecule has 4 aromatic rings. The van der Waals surface area contributed by atoms with Crippen molar-refractivity contribution in [3.8, 4) is 17.3 Å². The molecule has 5 heterocycles. The smallest absolute Gasteiger partial charge is 0.231 e. The Kier molecular flexibility index (Phi) is 5.21. The minimum absolute atomic E-state index is 0.0801. The van der Waals surface area contributed by atoms with Gasteiger partial charge in [-0.2, -0.15) is 0 Å². The summed E-state index contributed by atoms with van der Waals surface area (Å²) in [5.41, 5.74) is 7.99. The normalized spacial score (nSPS) is 16.3. The number of nitrogens with two attached hydrogens (primary N) is 1. The van der Waals surface area contributed by atoms with Crippen LogP contribution >= 0.6 is 0 Å². The molecule has 1 aliphatic rings. The number of hydrogen-bond acceptors (Lipinski definition) is 8. The Morgan fingerprint density at radius 3 is 2.87 bits per heavy atom. The van der Waals surface area contributed by atoms with Gasteiger partial charge in [-0.05, 0) is 43.9 Å². The summed E-state index contributed by atoms with van der Waals surface area (Å²) < 4.78 is 13.5. The first-order chi connectivity index (χ1) is 15.1. The Labute approximate surface area is 179 Å². The molecule has 0 unspecified atom stereocenters. The number of furan rings is 1. The van der Waals surface area contributed by atoms with E-state index in [9.17, 15) is 5.11 Å². The molecule has 0 aliphatic carbocycles. The average Bonchev–Trinajstić information content (AvgIpc) is 3.41. The van der Waals surface area contributed by atoms with E-state index in [1.807, 2.05) is 25.1 Å². The molecule has 31 heavy (non-hydrogen) atoms. The molecular formula is C22H26N6O3. The summed E-state index contributed by atoms with van der Waals surface area (Å²) in [4.78, 5) is 11.3. The molecule has 0 radical (unpaired) electrons. The van der Waals surface area contributed by atoms with Gasteiger partial charge < -0.3 is 24.9 Å². The lowest BCUT2D eigenvalue weighted by molar-refractivity contribution is 0.203. The largest absolute Gasteiger partial charge is 0.475 e. The van der Waals surface area contributed by atoms with Gasteiger partial charge in [0, 0.05) is 38.0 Å². The highest BCUT2D eigenvalue weighted by atomic mass is 16.5. The number of aliphatic hydroxyl groups is 1. The van der Waals surface area contributed by atoms with Crippen LogP contribution in [0.4, 0.5) is 5.82 Å². The van der Waals surface area contributed by atoms with Crippen molar-refractivity contribution in [2.75, 3.05) is 31.2 Å². The van der Waals surface area contributed by atoms with Crippen molar-refractivity contribution in [1.82, 2.24) is 19.6 Å². The maximum atomic E-state index is 9.42. The highest BCUT2D eigenvalue weighted by Gasteiger charge is 2.23. The fourth-order valence-electron chi connectivity index (χ4n) is 3.97. The molecule has 0 spiro atoms. The van der Waals surface area contributed by atoms with Crippen molar-refractivity contribution < 1.29 is 14.3 Å². The molecule has 9 nitrogen and oxygen atoms in total. The van der Waals surface area contributed by atoms with Crippen LogP contribution in [0.5, 0.6) is 5.88 Å². The van der Waals surface area contributed by atoms with Crippen LogP contribution in [-0.2, 0) is 0 Å². The quantitative estimate of drug-likeness (QED) is 0.487. The fraction of sp³-hybridized carbons (Fsp3) is 0.409. The molecular weight excluding hydrogens is 396 g/mol. The second-order valence-corrected chi connectivity index (χ2v) is 8.14. The Bertz CT molecular complexity index is 1190. The van der Waals surface area contributed by atoms with Gasteiger partial charge in [-0.3, -0.25) is 0 Å². The molecule has 0 bridgehead atoms. The van der Waals surface area contributed by atoms with E-state index in [0.29, 0.717) is 29.8 Å². The number of fused-ring (bicyclic) bond motifs is 2. The van der Waals surface area contributed by atoms with E-state index in [0.717, 1.165) is 48.4 Å². The standard InChI is InChI=1S/C22H26N6O3/c1-14(23)13-30-21-3-2-20-25-11-17(28(20)26-21)19-10-16-18(31-19)4-7-24-22(16)27-8-5-15(12-29)6-9-27/h2-4,7,10-11,14-15,29H,5-6,8-9,12-13,23H2,1H3/t14-/m1/s1. The molecule has 9 heteroatoms. The predicted molar refractivity (Wildman–Crippen MR) is 117 cm³/mol. The molecule has 1 atom stereocenters. The van der Waals surface area contributed by atoms with Gasteiger partial charge in [0.05, 0.1) is 11.6 Å². The highest BCUT2D eigenvalue weighted by Crippen LogP contribution is 2.34. The maximum absolute atomic E-state index is 9.42. The number of imidazole rings is 1. The van der Waals surface area contributed by atoms with E-state index in [4.69, 9.17) is 14.9 Å². The SMILES string of the molecule is C[C@@H](N)COc1ccc2ncc(-c3cc4c(N5CCC(CO)CC5)nccc4o3)n2n1. The number of ether oxygens (including phenoxy) is 1. The van der Waals surface area contributed by atoms with E-state index >= 15 is 0 Å². The van der Waals surface area contributed by atoms with Gasteiger partial charge in [0.15, 0.2) is 11.4 Å². The Balaban J connectivity index is 1.49. The van der Waals surface area contributed by atoms with Crippen LogP contribution in [0.15, 0.2) is 41.1 Å². The molecule has 4 aromatic heterocycles. The zero-order chi connectivity index (χ0) is 21.4. The van der Waals surface area contributed by atoms with Crippen LogP contribution in [0.3, 0.4) is 0 Å². The number of hydrogen-bond donors (Lipinski definition) is 2. The molecule has 0 aromatic carbocycles. The minimum Gasteiger partial charge on any atom is -0.475 e. The number of piperidine rings is 1. The molecule has 0 amide bonds. The van der Waals surface area contributed by atoms with Crippen LogP contribution < -0.4 is 15.4 Å². The number of aliphatic hydroxyl groups excluding tert-OH is 1. The monoisotopic (exact) mass is 422 g/mol. The molecule has 0 saturated carbocycles. The Hall–Kier alpha value is -3.17. The summed E-state index contributed by atoms with van der Waals surface area (Å²) in [7, 11) is 0. The number of aromatic nitrogens is 4. The summed E-state index contributed by atoms with van der Waals surface area (Å²) >= 11 is 0. The fourth-order valence-corrected chi connectivity index (χ4v) is 3.97. The zero-order valence-electron chi connectivity index (χ0n) is 17.4. The lowest BCUT2D eigenvalue weighted by atomic mass is 9.98. The third kappa shape index (κ3) is 3.82. The number of anilines is 1. The molecule has 1 aliphatic heterocycles. The predicted octanol–water partition coefficient (Wildman–Crippen LogP) is 2.47. The van der Waals surface area contributed by atoms with Crippen LogP contribution in [0.1, 0.15) is 19.8 Å². The van der Waals surface area contributed by atoms with Gasteiger partial charge in [-0.1, -0.05) is 0 Å². The van der Waals surface area contributed by atoms with Crippen LogP contribution in [0, 0.1) is 5.92 Å². The van der Waals surface area contributed by atoms with E-state index in [2.05, 4.69) is 20.0 Å². The first-order valence-electron chi connectivity index (χ1n) is 10.6. The number of pyridine rings is 1. The van der Waals surface area contributed by atoms with Gasteiger partial charge in [0.1, 0.15) is 23.7 Å². The summed E-state index contributed by atoms with van der Waals surface area (Å²) in [6.45, 7) is 4.26. The van der Waals surface area contributed by atoms with E-state index < -0.39 is 0 Å². The minimum atomic E-state index is -0.0801. The summed E-state index contributed by atoms with van der Waals surface area (Å²) in [6.07, 6.45) is 5.44. The second kappa shape index (κ2) is 8.16. The second-order valence-electron chi connectivity index (χ2n) is 8.14. The van der Waals surface area contributed by atoms with Crippen molar-refractivity contribution in [2.24, 2.45) is 11.7 Å². The molecule has 1 fully saturated rings. The lowest BCUT2D eigenvalue weighted by Gasteiger charge is -2.32. The van der Waals surface area contributed by atoms with Crippen molar-refractivity contribution in [2.45, 2.75) is 25.8 Å². The lowest BCUT2D eigenvalue weighted by Crippen LogP contribution is -2.35. The summed E-state index contributed by atoms with van der Waals surface area (Å²) in [5.74, 6) is 2.43. The van der Waals surface area contributed by atoms with Gasteiger partial charge in [-0.15, -0.1) is 5.10 Å². The first kappa shape index (κ1) is 19.8. The molecule has 3 N–H and O–H groups in total. The van der Waals surface area contributed by atoms with Gasteiger partial charge in [-0.25, -0.2) is 14.5 Å². The van der Waals surface area contributed by atoms with Gasteiger partial charge >= 0.3 is 0 Å². The topological polar surface area (TPSA) is 115 Å². The number of nitrogens with zero attached hydrogens (tertiary/aromatic N) is 5. The summed E-state index contributed by atoms with van der Waals surface area (Å²) in [6, 6.07) is 7.43. The maximum Gasteiger partial charge on any atom is 0.231 e. The molecule has 162 valence electrons. The van der Waals surface area contributed by atoms with Crippen molar-refractivity contribution >= 4 is 22.4 Å². The van der Waals surface area contributed by atoms with Gasteiger partial charge in [0.25, 0.3) is 0 Å². The molecule has 1 saturated heterocycles. The van der Waals surface area contributed by atoms with Crippen LogP contribution in [0.2, 0.25) is 0 Å². The third-order valence-corrected chi connectivity index (χ3v) is 5.68. The van der Waals surface area contributed by atoms with Crippen molar-refractivity contribution in [3.63, 3.8) is 0 Å². The van der Waals surface area contributed by atoms with E-state index in [1.165, 1.54) is 0 Å². The first-order valence-corrected chi connectivity index (χ1v) is 10.6. The van der Waals surface area contributed by atoms with Crippen LogP contribution in [0.25, 0.3) is 28.1 Å². The third-order valence-electron chi connectivity index (χ3n) is 5.68. The average molecular weight is 422 g/mol. The molecule has 5 rings (SSSR count). The number of rotatable bonds is 6. The Morgan fingerprint density at radius 1 is 1.26 bits per heavy atom. The van der Waals surface area contributed by atoms with Gasteiger partial charge in [0.2, 0.25) is 5.88 Å².